The number of rotatable bonds is 5. The fraction of sp³-hybridized carbons (Fsp3) is 0.300. The van der Waals surface area contributed by atoms with E-state index in [-0.39, 0.29) is 31.7 Å². The summed E-state index contributed by atoms with van der Waals surface area (Å²) >= 11 is 0. The van der Waals surface area contributed by atoms with Gasteiger partial charge in [-0.15, -0.1) is 0 Å². The molecule has 7 nitrogen and oxygen atoms in total. The van der Waals surface area contributed by atoms with Gasteiger partial charge >= 0.3 is 5.97 Å². The van der Waals surface area contributed by atoms with Crippen LogP contribution >= 0.6 is 0 Å². The van der Waals surface area contributed by atoms with Crippen LogP contribution in [0.25, 0.3) is 0 Å². The van der Waals surface area contributed by atoms with Crippen LogP contribution in [0.4, 0.5) is 0 Å². The molecule has 0 aliphatic carbocycles. The quantitative estimate of drug-likeness (QED) is 0.751. The third-order valence-electron chi connectivity index (χ3n) is 4.58. The molecule has 0 fully saturated rings. The minimum absolute atomic E-state index is 0.0115. The van der Waals surface area contributed by atoms with Gasteiger partial charge in [0.05, 0.1) is 31.8 Å². The average molecular weight is 367 g/mol. The zero-order valence-electron chi connectivity index (χ0n) is 14.7. The van der Waals surface area contributed by atoms with Crippen molar-refractivity contribution in [1.29, 1.82) is 5.26 Å². The van der Waals surface area contributed by atoms with Gasteiger partial charge in [0.25, 0.3) is 0 Å². The van der Waals surface area contributed by atoms with Gasteiger partial charge in [-0.1, -0.05) is 6.07 Å². The summed E-state index contributed by atoms with van der Waals surface area (Å²) < 4.78 is 27.1. The van der Waals surface area contributed by atoms with Crippen molar-refractivity contribution in [2.45, 2.75) is 18.9 Å². The van der Waals surface area contributed by atoms with E-state index in [1.165, 1.54) is 7.11 Å². The van der Waals surface area contributed by atoms with E-state index in [0.717, 1.165) is 11.1 Å². The smallest absolute Gasteiger partial charge is 0.306 e. The second-order valence-electron chi connectivity index (χ2n) is 6.26. The number of ether oxygens (including phenoxy) is 5. The van der Waals surface area contributed by atoms with Crippen molar-refractivity contribution in [2.24, 2.45) is 0 Å². The van der Waals surface area contributed by atoms with Crippen LogP contribution in [0.3, 0.4) is 0 Å². The zero-order chi connectivity index (χ0) is 18.8. The number of benzene rings is 2. The predicted octanol–water partition coefficient (Wildman–Crippen LogP) is 2.91. The maximum absolute atomic E-state index is 11.5. The molecule has 1 unspecified atom stereocenters. The molecular formula is C20H17NO6. The van der Waals surface area contributed by atoms with Gasteiger partial charge in [0.15, 0.2) is 11.5 Å². The molecule has 2 aliphatic rings. The van der Waals surface area contributed by atoms with Gasteiger partial charge in [-0.3, -0.25) is 4.79 Å². The van der Waals surface area contributed by atoms with Crippen LogP contribution in [0.15, 0.2) is 30.3 Å². The Bertz CT molecular complexity index is 933. The van der Waals surface area contributed by atoms with Crippen LogP contribution in [-0.4, -0.2) is 26.5 Å². The second-order valence-corrected chi connectivity index (χ2v) is 6.26. The fourth-order valence-corrected chi connectivity index (χ4v) is 3.22. The maximum atomic E-state index is 11.5. The highest BCUT2D eigenvalue weighted by Crippen LogP contribution is 2.40. The second kappa shape index (κ2) is 7.08. The van der Waals surface area contributed by atoms with Gasteiger partial charge in [0.1, 0.15) is 18.1 Å². The van der Waals surface area contributed by atoms with E-state index in [1.54, 1.807) is 18.2 Å². The Morgan fingerprint density at radius 3 is 2.93 bits per heavy atom. The lowest BCUT2D eigenvalue weighted by Crippen LogP contribution is -2.09. The number of methoxy groups -OCH3 is 1. The predicted molar refractivity (Wildman–Crippen MR) is 92.9 cm³/mol. The monoisotopic (exact) mass is 367 g/mol. The Morgan fingerprint density at radius 1 is 1.22 bits per heavy atom. The van der Waals surface area contributed by atoms with Gasteiger partial charge in [0.2, 0.25) is 6.79 Å². The van der Waals surface area contributed by atoms with Crippen molar-refractivity contribution in [2.75, 3.05) is 20.5 Å². The van der Waals surface area contributed by atoms with Crippen LogP contribution in [0.2, 0.25) is 0 Å². The Hall–Kier alpha value is -3.40. The van der Waals surface area contributed by atoms with Crippen LogP contribution in [0.1, 0.15) is 29.0 Å². The number of nitrogens with zero attached hydrogens (tertiary/aromatic N) is 1. The van der Waals surface area contributed by atoms with E-state index in [1.807, 2.05) is 12.1 Å². The number of esters is 1. The van der Waals surface area contributed by atoms with Gasteiger partial charge < -0.3 is 23.7 Å². The number of fused-ring (bicyclic) bond motifs is 2. The lowest BCUT2D eigenvalue weighted by molar-refractivity contribution is -0.141. The molecule has 2 heterocycles. The molecule has 1 atom stereocenters. The van der Waals surface area contributed by atoms with E-state index in [9.17, 15) is 4.79 Å². The van der Waals surface area contributed by atoms with E-state index in [0.29, 0.717) is 35.2 Å². The van der Waals surface area contributed by atoms with Crippen molar-refractivity contribution in [3.63, 3.8) is 0 Å². The van der Waals surface area contributed by atoms with Crippen LogP contribution in [0, 0.1) is 11.3 Å². The lowest BCUT2D eigenvalue weighted by atomic mass is 9.98. The minimum Gasteiger partial charge on any atom is -0.492 e. The van der Waals surface area contributed by atoms with E-state index in [2.05, 4.69) is 6.07 Å². The molecule has 0 spiro atoms. The molecule has 2 aromatic rings. The normalized spacial score (nSPS) is 16.2. The third-order valence-corrected chi connectivity index (χ3v) is 4.58. The summed E-state index contributed by atoms with van der Waals surface area (Å²) in [6.45, 7) is 0.799. The van der Waals surface area contributed by atoms with Gasteiger partial charge in [-0.25, -0.2) is 0 Å². The zero-order valence-corrected chi connectivity index (χ0v) is 14.7. The standard InChI is InChI=1S/C20H17NO6/c1-23-19(22)6-13-9-25-17-7-15(2-3-16(13)17)24-10-14-4-12(8-21)5-18-20(14)27-11-26-18/h2-5,7,13H,6,9-11H2,1H3. The van der Waals surface area contributed by atoms with Crippen molar-refractivity contribution in [3.05, 3.63) is 47.0 Å². The number of carbonyl (C=O) groups excluding carboxylic acids is 1. The van der Waals surface area contributed by atoms with Gasteiger partial charge in [-0.2, -0.15) is 5.26 Å². The first-order chi connectivity index (χ1) is 13.2. The highest BCUT2D eigenvalue weighted by atomic mass is 16.7. The Balaban J connectivity index is 1.49. The first-order valence-electron chi connectivity index (χ1n) is 8.47. The number of nitriles is 1. The topological polar surface area (TPSA) is 87.0 Å². The van der Waals surface area contributed by atoms with E-state index >= 15 is 0 Å². The molecule has 0 aromatic heterocycles. The summed E-state index contributed by atoms with van der Waals surface area (Å²) in [5.41, 5.74) is 2.20. The van der Waals surface area contributed by atoms with Crippen LogP contribution < -0.4 is 18.9 Å². The molecule has 0 N–H and O–H groups in total. The fourth-order valence-electron chi connectivity index (χ4n) is 3.22. The molecule has 0 bridgehead atoms. The van der Waals surface area contributed by atoms with E-state index < -0.39 is 0 Å². The Kier molecular flexibility index (Phi) is 4.47. The van der Waals surface area contributed by atoms with Gasteiger partial charge in [-0.05, 0) is 12.1 Å². The summed E-state index contributed by atoms with van der Waals surface area (Å²) in [7, 11) is 1.38. The largest absolute Gasteiger partial charge is 0.492 e. The SMILES string of the molecule is COC(=O)CC1COc2cc(OCc3cc(C#N)cc4c3OCO4)ccc21. The number of hydrogen-bond donors (Lipinski definition) is 0. The molecule has 0 saturated heterocycles. The summed E-state index contributed by atoms with van der Waals surface area (Å²) in [5.74, 6) is 2.22. The highest BCUT2D eigenvalue weighted by Gasteiger charge is 2.27. The summed E-state index contributed by atoms with van der Waals surface area (Å²) in [6, 6.07) is 11.0. The van der Waals surface area contributed by atoms with E-state index in [4.69, 9.17) is 28.9 Å². The minimum atomic E-state index is -0.259. The molecule has 0 radical (unpaired) electrons. The molecule has 0 amide bonds. The molecule has 2 aliphatic heterocycles. The van der Waals surface area contributed by atoms with Gasteiger partial charge in [0, 0.05) is 29.2 Å². The molecule has 2 aromatic carbocycles. The van der Waals surface area contributed by atoms with Crippen molar-refractivity contribution in [1.82, 2.24) is 0 Å². The van der Waals surface area contributed by atoms with Crippen molar-refractivity contribution < 1.29 is 28.5 Å². The summed E-state index contributed by atoms with van der Waals surface area (Å²) in [6.07, 6.45) is 0.286. The van der Waals surface area contributed by atoms with Crippen molar-refractivity contribution in [3.8, 4) is 29.1 Å². The first-order valence-corrected chi connectivity index (χ1v) is 8.47. The molecule has 138 valence electrons. The Morgan fingerprint density at radius 2 is 2.11 bits per heavy atom. The molecule has 27 heavy (non-hydrogen) atoms. The lowest BCUT2D eigenvalue weighted by Gasteiger charge is -2.11. The first kappa shape index (κ1) is 17.0. The number of carbonyl (C=O) groups is 1. The molecule has 0 saturated carbocycles. The van der Waals surface area contributed by atoms with Crippen LogP contribution in [-0.2, 0) is 16.1 Å². The molecule has 4 rings (SSSR count). The van der Waals surface area contributed by atoms with Crippen molar-refractivity contribution >= 4 is 5.97 Å². The highest BCUT2D eigenvalue weighted by molar-refractivity contribution is 5.71. The molecular weight excluding hydrogens is 350 g/mol. The summed E-state index contributed by atoms with van der Waals surface area (Å²) in [5, 5.41) is 9.15. The maximum Gasteiger partial charge on any atom is 0.306 e. The molecule has 7 heteroatoms. The third kappa shape index (κ3) is 3.34. The van der Waals surface area contributed by atoms with Crippen LogP contribution in [0.5, 0.6) is 23.0 Å². The average Bonchev–Trinajstić information content (AvgIpc) is 3.32. The Labute approximate surface area is 156 Å². The number of hydrogen-bond acceptors (Lipinski definition) is 7. The summed E-state index contributed by atoms with van der Waals surface area (Å²) in [4.78, 5) is 11.5.